The third-order valence-electron chi connectivity index (χ3n) is 0.824. The van der Waals surface area contributed by atoms with Gasteiger partial charge in [0.2, 0.25) is 0 Å². The van der Waals surface area contributed by atoms with Crippen molar-refractivity contribution in [2.24, 2.45) is 0 Å². The van der Waals surface area contributed by atoms with Gasteiger partial charge in [-0.1, -0.05) is 12.1 Å². The first-order valence-corrected chi connectivity index (χ1v) is 2.21. The molecule has 0 bridgehead atoms. The van der Waals surface area contributed by atoms with Gasteiger partial charge >= 0.3 is 0 Å². The maximum Gasteiger partial charge on any atom is 0.158 e. The van der Waals surface area contributed by atoms with E-state index in [1.807, 2.05) is 0 Å². The number of hydrogen-bond acceptors (Lipinski definition) is 0. The van der Waals surface area contributed by atoms with Crippen molar-refractivity contribution in [3.05, 3.63) is 35.9 Å². The molecule has 0 unspecified atom stereocenters. The minimum atomic E-state index is -0.799. The van der Waals surface area contributed by atoms with Crippen LogP contribution in [0.1, 0.15) is 0 Å². The van der Waals surface area contributed by atoms with Gasteiger partial charge in [-0.2, -0.15) is 0 Å². The number of halogens is 2. The molecule has 0 aliphatic carbocycles. The standard InChI is InChI=1S/C6H4F2.Li/c7-5-3-1-2-4-6(5)8;/h1-4H;. The zero-order chi connectivity index (χ0) is 5.98. The fourth-order valence-corrected chi connectivity index (χ4v) is 0.439. The summed E-state index contributed by atoms with van der Waals surface area (Å²) in [6.45, 7) is 0. The van der Waals surface area contributed by atoms with Gasteiger partial charge in [0.25, 0.3) is 0 Å². The van der Waals surface area contributed by atoms with Crippen LogP contribution in [0.2, 0.25) is 0 Å². The van der Waals surface area contributed by atoms with E-state index in [9.17, 15) is 8.78 Å². The second-order valence-corrected chi connectivity index (χ2v) is 1.41. The third-order valence-corrected chi connectivity index (χ3v) is 0.824. The first kappa shape index (κ1) is 8.68. The van der Waals surface area contributed by atoms with E-state index in [-0.39, 0.29) is 18.9 Å². The van der Waals surface area contributed by atoms with Gasteiger partial charge in [-0.15, -0.1) is 0 Å². The van der Waals surface area contributed by atoms with Crippen LogP contribution in [-0.2, 0) is 0 Å². The summed E-state index contributed by atoms with van der Waals surface area (Å²) in [4.78, 5) is 0. The van der Waals surface area contributed by atoms with Gasteiger partial charge in [-0.3, -0.25) is 0 Å². The molecule has 0 N–H and O–H groups in total. The van der Waals surface area contributed by atoms with Crippen molar-refractivity contribution < 1.29 is 8.78 Å². The van der Waals surface area contributed by atoms with Crippen LogP contribution in [0.5, 0.6) is 0 Å². The van der Waals surface area contributed by atoms with E-state index < -0.39 is 11.6 Å². The summed E-state index contributed by atoms with van der Waals surface area (Å²) in [5.74, 6) is -1.60. The molecule has 43 valence electrons. The molecule has 0 aliphatic heterocycles. The van der Waals surface area contributed by atoms with Crippen LogP contribution in [0.25, 0.3) is 0 Å². The SMILES string of the molecule is Fc1ccccc1F.[Li]. The summed E-state index contributed by atoms with van der Waals surface area (Å²) in [7, 11) is 0. The number of rotatable bonds is 0. The normalized spacial score (nSPS) is 8.22. The molecule has 1 aromatic carbocycles. The molecule has 0 saturated carbocycles. The van der Waals surface area contributed by atoms with Crippen LogP contribution in [-0.4, -0.2) is 18.9 Å². The fraction of sp³-hybridized carbons (Fsp3) is 0. The Bertz CT molecular complexity index is 167. The van der Waals surface area contributed by atoms with Crippen molar-refractivity contribution in [3.63, 3.8) is 0 Å². The van der Waals surface area contributed by atoms with Gasteiger partial charge in [-0.05, 0) is 12.1 Å². The van der Waals surface area contributed by atoms with E-state index in [1.54, 1.807) is 0 Å². The van der Waals surface area contributed by atoms with E-state index in [0.29, 0.717) is 0 Å². The smallest absolute Gasteiger partial charge is 0.158 e. The van der Waals surface area contributed by atoms with Crippen LogP contribution in [0, 0.1) is 11.6 Å². The fourth-order valence-electron chi connectivity index (χ4n) is 0.439. The molecule has 0 heterocycles. The monoisotopic (exact) mass is 121 g/mol. The van der Waals surface area contributed by atoms with Gasteiger partial charge in [0.15, 0.2) is 11.6 Å². The Morgan fingerprint density at radius 1 is 0.889 bits per heavy atom. The van der Waals surface area contributed by atoms with Gasteiger partial charge in [0.05, 0.1) is 0 Å². The maximum absolute atomic E-state index is 11.9. The molecule has 1 aromatic rings. The Morgan fingerprint density at radius 2 is 1.22 bits per heavy atom. The quantitative estimate of drug-likeness (QED) is 0.457. The predicted octanol–water partition coefficient (Wildman–Crippen LogP) is 1.58. The second kappa shape index (κ2) is 3.66. The molecule has 1 radical (unpaired) electrons. The zero-order valence-electron chi connectivity index (χ0n) is 5.07. The van der Waals surface area contributed by atoms with Crippen molar-refractivity contribution in [2.75, 3.05) is 0 Å². The van der Waals surface area contributed by atoms with E-state index in [2.05, 4.69) is 0 Å². The van der Waals surface area contributed by atoms with Gasteiger partial charge in [-0.25, -0.2) is 8.78 Å². The average molecular weight is 121 g/mol. The summed E-state index contributed by atoms with van der Waals surface area (Å²) in [5.41, 5.74) is 0. The van der Waals surface area contributed by atoms with Crippen molar-refractivity contribution in [2.45, 2.75) is 0 Å². The molecule has 1 rings (SSSR count). The molecule has 0 saturated heterocycles. The zero-order valence-corrected chi connectivity index (χ0v) is 5.07. The summed E-state index contributed by atoms with van der Waals surface area (Å²) >= 11 is 0. The van der Waals surface area contributed by atoms with Gasteiger partial charge in [0, 0.05) is 18.9 Å². The molecule has 3 heteroatoms. The Kier molecular flexibility index (Phi) is 3.52. The first-order chi connectivity index (χ1) is 3.80. The van der Waals surface area contributed by atoms with Crippen molar-refractivity contribution in [1.29, 1.82) is 0 Å². The van der Waals surface area contributed by atoms with Crippen molar-refractivity contribution >= 4 is 18.9 Å². The number of benzene rings is 1. The van der Waals surface area contributed by atoms with Gasteiger partial charge in [0.1, 0.15) is 0 Å². The minimum absolute atomic E-state index is 0. The van der Waals surface area contributed by atoms with Crippen LogP contribution in [0.3, 0.4) is 0 Å². The summed E-state index contributed by atoms with van der Waals surface area (Å²) in [6, 6.07) is 5.04. The van der Waals surface area contributed by atoms with E-state index >= 15 is 0 Å². The van der Waals surface area contributed by atoms with E-state index in [0.717, 1.165) is 12.1 Å². The Morgan fingerprint density at radius 3 is 1.44 bits per heavy atom. The maximum atomic E-state index is 11.9. The molecular weight excluding hydrogens is 117 g/mol. The van der Waals surface area contributed by atoms with E-state index in [1.165, 1.54) is 12.1 Å². The van der Waals surface area contributed by atoms with Gasteiger partial charge < -0.3 is 0 Å². The summed E-state index contributed by atoms with van der Waals surface area (Å²) < 4.78 is 23.9. The van der Waals surface area contributed by atoms with Crippen molar-refractivity contribution in [1.82, 2.24) is 0 Å². The third kappa shape index (κ3) is 2.17. The largest absolute Gasteiger partial charge is 0.204 e. The minimum Gasteiger partial charge on any atom is -0.204 e. The second-order valence-electron chi connectivity index (χ2n) is 1.41. The van der Waals surface area contributed by atoms with Crippen LogP contribution >= 0.6 is 0 Å². The average Bonchev–Trinajstić information content (AvgIpc) is 1.77. The molecule has 0 spiro atoms. The molecular formula is C6H4F2Li. The molecule has 0 amide bonds. The molecule has 0 aromatic heterocycles. The van der Waals surface area contributed by atoms with Crippen LogP contribution in [0.4, 0.5) is 8.78 Å². The predicted molar refractivity (Wildman–Crippen MR) is 32.1 cm³/mol. The van der Waals surface area contributed by atoms with E-state index in [4.69, 9.17) is 0 Å². The molecule has 0 nitrogen and oxygen atoms in total. The van der Waals surface area contributed by atoms with Crippen LogP contribution in [0.15, 0.2) is 24.3 Å². The van der Waals surface area contributed by atoms with Crippen LogP contribution < -0.4 is 0 Å². The summed E-state index contributed by atoms with van der Waals surface area (Å²) in [6.07, 6.45) is 0. The summed E-state index contributed by atoms with van der Waals surface area (Å²) in [5, 5.41) is 0. The topological polar surface area (TPSA) is 0 Å². The van der Waals surface area contributed by atoms with Crippen molar-refractivity contribution in [3.8, 4) is 0 Å². The Labute approximate surface area is 64.1 Å². The Hall–Kier alpha value is -0.323. The molecule has 0 atom stereocenters. The number of hydrogen-bond donors (Lipinski definition) is 0. The molecule has 9 heavy (non-hydrogen) atoms. The molecule has 0 aliphatic rings. The first-order valence-electron chi connectivity index (χ1n) is 2.21. The molecule has 0 fully saturated rings. The Balaban J connectivity index is 0.000000640.